The van der Waals surface area contributed by atoms with Crippen LogP contribution in [0.4, 0.5) is 0 Å². The van der Waals surface area contributed by atoms with Gasteiger partial charge in [-0.05, 0) is 44.9 Å². The molecule has 2 atom stereocenters. The molecule has 2 bridgehead atoms. The van der Waals surface area contributed by atoms with E-state index in [2.05, 4.69) is 31.0 Å². The summed E-state index contributed by atoms with van der Waals surface area (Å²) < 4.78 is 0. The molecule has 0 radical (unpaired) electrons. The number of rotatable bonds is 8. The van der Waals surface area contributed by atoms with E-state index >= 15 is 0 Å². The van der Waals surface area contributed by atoms with Crippen LogP contribution in [-0.4, -0.2) is 35.5 Å². The third-order valence-corrected chi connectivity index (χ3v) is 5.26. The third-order valence-electron chi connectivity index (χ3n) is 5.26. The molecule has 0 saturated carbocycles. The van der Waals surface area contributed by atoms with Gasteiger partial charge < -0.3 is 10.2 Å². The van der Waals surface area contributed by atoms with E-state index < -0.39 is 0 Å². The van der Waals surface area contributed by atoms with E-state index in [0.717, 1.165) is 38.6 Å². The Morgan fingerprint density at radius 3 is 2.10 bits per heavy atom. The van der Waals surface area contributed by atoms with Gasteiger partial charge >= 0.3 is 0 Å². The number of piperidine rings is 1. The first-order chi connectivity index (χ1) is 10.2. The monoisotopic (exact) mass is 294 g/mol. The average Bonchev–Trinajstić information content (AvgIpc) is 2.82. The maximum atomic E-state index is 13.1. The standard InChI is InChI=1S/C18H34N2O/c1-4-7-14(8-5-2)18(21)20(11-6-3)17-12-15-9-10-16(13-17)19-15/h14-17,19H,4-13H2,1-3H3. The van der Waals surface area contributed by atoms with E-state index in [4.69, 9.17) is 0 Å². The minimum absolute atomic E-state index is 0.263. The Morgan fingerprint density at radius 2 is 1.62 bits per heavy atom. The van der Waals surface area contributed by atoms with E-state index in [0.29, 0.717) is 24.0 Å². The first-order valence-electron chi connectivity index (χ1n) is 9.26. The normalized spacial score (nSPS) is 28.1. The van der Waals surface area contributed by atoms with Crippen molar-refractivity contribution in [3.8, 4) is 0 Å². The van der Waals surface area contributed by atoms with E-state index in [9.17, 15) is 4.79 Å². The highest BCUT2D eigenvalue weighted by Gasteiger charge is 2.38. The topological polar surface area (TPSA) is 32.3 Å². The summed E-state index contributed by atoms with van der Waals surface area (Å²) in [5.41, 5.74) is 0. The van der Waals surface area contributed by atoms with Crippen molar-refractivity contribution in [1.29, 1.82) is 0 Å². The van der Waals surface area contributed by atoms with E-state index in [1.165, 1.54) is 25.7 Å². The first kappa shape index (κ1) is 16.8. The fourth-order valence-electron chi connectivity index (χ4n) is 4.32. The molecule has 1 amide bonds. The second-order valence-electron chi connectivity index (χ2n) is 7.07. The van der Waals surface area contributed by atoms with Crippen molar-refractivity contribution in [1.82, 2.24) is 10.2 Å². The SMILES string of the molecule is CCCC(CCC)C(=O)N(CCC)C1CC2CCC(C1)N2. The molecule has 3 nitrogen and oxygen atoms in total. The summed E-state index contributed by atoms with van der Waals surface area (Å²) >= 11 is 0. The molecule has 2 rings (SSSR count). The molecule has 2 aliphatic heterocycles. The van der Waals surface area contributed by atoms with E-state index in [1.807, 2.05) is 0 Å². The van der Waals surface area contributed by atoms with Crippen LogP contribution in [0, 0.1) is 5.92 Å². The smallest absolute Gasteiger partial charge is 0.225 e. The second kappa shape index (κ2) is 8.17. The molecular weight excluding hydrogens is 260 g/mol. The van der Waals surface area contributed by atoms with E-state index in [1.54, 1.807) is 0 Å². The molecule has 3 heteroatoms. The zero-order chi connectivity index (χ0) is 15.2. The summed E-state index contributed by atoms with van der Waals surface area (Å²) in [5, 5.41) is 3.70. The highest BCUT2D eigenvalue weighted by Crippen LogP contribution is 2.31. The highest BCUT2D eigenvalue weighted by molar-refractivity contribution is 5.79. The Kier molecular flexibility index (Phi) is 6.53. The summed E-state index contributed by atoms with van der Waals surface area (Å²) in [6.07, 6.45) is 10.4. The molecule has 21 heavy (non-hydrogen) atoms. The second-order valence-corrected chi connectivity index (χ2v) is 7.07. The lowest BCUT2D eigenvalue weighted by atomic mass is 9.92. The Hall–Kier alpha value is -0.570. The van der Waals surface area contributed by atoms with Crippen molar-refractivity contribution in [2.75, 3.05) is 6.54 Å². The van der Waals surface area contributed by atoms with E-state index in [-0.39, 0.29) is 5.92 Å². The zero-order valence-electron chi connectivity index (χ0n) is 14.2. The molecule has 2 fully saturated rings. The van der Waals surface area contributed by atoms with Gasteiger partial charge in [0.25, 0.3) is 0 Å². The summed E-state index contributed by atoms with van der Waals surface area (Å²) in [6, 6.07) is 1.82. The fourth-order valence-corrected chi connectivity index (χ4v) is 4.32. The largest absolute Gasteiger partial charge is 0.339 e. The van der Waals surface area contributed by atoms with Crippen LogP contribution in [0.3, 0.4) is 0 Å². The minimum Gasteiger partial charge on any atom is -0.339 e. The summed E-state index contributed by atoms with van der Waals surface area (Å²) in [6.45, 7) is 7.55. The summed E-state index contributed by atoms with van der Waals surface area (Å²) in [5.74, 6) is 0.714. The Bertz CT molecular complexity index is 313. The fraction of sp³-hybridized carbons (Fsp3) is 0.944. The maximum Gasteiger partial charge on any atom is 0.225 e. The zero-order valence-corrected chi connectivity index (χ0v) is 14.2. The Labute approximate surface area is 130 Å². The molecule has 122 valence electrons. The van der Waals surface area contributed by atoms with Crippen LogP contribution in [-0.2, 0) is 4.79 Å². The van der Waals surface area contributed by atoms with Gasteiger partial charge in [-0.3, -0.25) is 4.79 Å². The van der Waals surface area contributed by atoms with Crippen LogP contribution in [0.1, 0.15) is 78.6 Å². The maximum absolute atomic E-state index is 13.1. The van der Waals surface area contributed by atoms with Gasteiger partial charge in [0, 0.05) is 30.6 Å². The number of fused-ring (bicyclic) bond motifs is 2. The van der Waals surface area contributed by atoms with Gasteiger partial charge in [-0.25, -0.2) is 0 Å². The molecular formula is C18H34N2O. The molecule has 2 aliphatic rings. The molecule has 0 spiro atoms. The van der Waals surface area contributed by atoms with Crippen molar-refractivity contribution in [2.45, 2.75) is 96.7 Å². The van der Waals surface area contributed by atoms with Gasteiger partial charge in [-0.2, -0.15) is 0 Å². The van der Waals surface area contributed by atoms with Gasteiger partial charge in [0.05, 0.1) is 0 Å². The Morgan fingerprint density at radius 1 is 1.05 bits per heavy atom. The number of carbonyl (C=O) groups is 1. The van der Waals surface area contributed by atoms with Crippen molar-refractivity contribution in [3.05, 3.63) is 0 Å². The number of hydrogen-bond acceptors (Lipinski definition) is 2. The summed E-state index contributed by atoms with van der Waals surface area (Å²) in [7, 11) is 0. The van der Waals surface area contributed by atoms with Crippen LogP contribution in [0.15, 0.2) is 0 Å². The highest BCUT2D eigenvalue weighted by atomic mass is 16.2. The van der Waals surface area contributed by atoms with Crippen molar-refractivity contribution >= 4 is 5.91 Å². The van der Waals surface area contributed by atoms with Gasteiger partial charge in [0.1, 0.15) is 0 Å². The van der Waals surface area contributed by atoms with Crippen molar-refractivity contribution < 1.29 is 4.79 Å². The van der Waals surface area contributed by atoms with Gasteiger partial charge in [0.2, 0.25) is 5.91 Å². The first-order valence-corrected chi connectivity index (χ1v) is 9.26. The van der Waals surface area contributed by atoms with Crippen LogP contribution < -0.4 is 5.32 Å². The molecule has 0 aliphatic carbocycles. The van der Waals surface area contributed by atoms with Crippen LogP contribution >= 0.6 is 0 Å². The van der Waals surface area contributed by atoms with Crippen molar-refractivity contribution in [2.24, 2.45) is 5.92 Å². The minimum atomic E-state index is 0.263. The Balaban J connectivity index is 2.04. The van der Waals surface area contributed by atoms with Gasteiger partial charge in [-0.15, -0.1) is 0 Å². The van der Waals surface area contributed by atoms with Crippen LogP contribution in [0.2, 0.25) is 0 Å². The third kappa shape index (κ3) is 4.21. The van der Waals surface area contributed by atoms with Crippen molar-refractivity contribution in [3.63, 3.8) is 0 Å². The molecule has 2 unspecified atom stereocenters. The number of amides is 1. The molecule has 2 saturated heterocycles. The molecule has 0 aromatic heterocycles. The lowest BCUT2D eigenvalue weighted by Crippen LogP contribution is -2.51. The predicted molar refractivity (Wildman–Crippen MR) is 88.3 cm³/mol. The summed E-state index contributed by atoms with van der Waals surface area (Å²) in [4.78, 5) is 15.3. The van der Waals surface area contributed by atoms with Crippen LogP contribution in [0.5, 0.6) is 0 Å². The number of hydrogen-bond donors (Lipinski definition) is 1. The lowest BCUT2D eigenvalue weighted by molar-refractivity contribution is -0.139. The quantitative estimate of drug-likeness (QED) is 0.740. The average molecular weight is 294 g/mol. The molecule has 1 N–H and O–H groups in total. The van der Waals surface area contributed by atoms with Gasteiger partial charge in [-0.1, -0.05) is 33.6 Å². The molecule has 2 heterocycles. The number of nitrogens with zero attached hydrogens (tertiary/aromatic N) is 1. The number of nitrogens with one attached hydrogen (secondary N) is 1. The molecule has 0 aromatic carbocycles. The number of carbonyl (C=O) groups excluding carboxylic acids is 1. The lowest BCUT2D eigenvalue weighted by Gasteiger charge is -2.39. The predicted octanol–water partition coefficient (Wildman–Crippen LogP) is 3.72. The van der Waals surface area contributed by atoms with Gasteiger partial charge in [0.15, 0.2) is 0 Å². The van der Waals surface area contributed by atoms with Crippen LogP contribution in [0.25, 0.3) is 0 Å². The molecule has 0 aromatic rings.